The molecule has 0 aliphatic rings. The molecule has 0 bridgehead atoms. The van der Waals surface area contributed by atoms with Crippen molar-refractivity contribution in [1.82, 2.24) is 4.98 Å². The molecule has 2 rings (SSSR count). The molecule has 8 heteroatoms. The van der Waals surface area contributed by atoms with Crippen LogP contribution < -0.4 is 4.74 Å². The van der Waals surface area contributed by atoms with Crippen molar-refractivity contribution >= 4 is 21.6 Å². The third-order valence-corrected chi connectivity index (χ3v) is 4.18. The first-order valence-corrected chi connectivity index (χ1v) is 9.51. The van der Waals surface area contributed by atoms with Crippen LogP contribution in [0.3, 0.4) is 0 Å². The first kappa shape index (κ1) is 22.7. The van der Waals surface area contributed by atoms with Crippen molar-refractivity contribution in [1.29, 1.82) is 0 Å². The molecule has 0 spiro atoms. The monoisotopic (exact) mass is 468 g/mol. The highest BCUT2D eigenvalue weighted by Crippen LogP contribution is 2.36. The van der Waals surface area contributed by atoms with E-state index in [1.54, 1.807) is 56.3 Å². The summed E-state index contributed by atoms with van der Waals surface area (Å²) in [6.45, 7) is 3.30. The fourth-order valence-electron chi connectivity index (χ4n) is 2.37. The Labute approximate surface area is 175 Å². The van der Waals surface area contributed by atoms with Crippen LogP contribution >= 0.6 is 15.9 Å². The molecular formula is C21H20BrF3N2O2. The maximum Gasteiger partial charge on any atom is 0.425 e. The number of methoxy groups -OCH3 is 1. The minimum Gasteiger partial charge on any atom is -0.480 e. The predicted octanol–water partition coefficient (Wildman–Crippen LogP) is 6.45. The van der Waals surface area contributed by atoms with E-state index >= 15 is 0 Å². The van der Waals surface area contributed by atoms with Crippen LogP contribution in [0.4, 0.5) is 13.2 Å². The second kappa shape index (κ2) is 10.2. The molecule has 0 fully saturated rings. The van der Waals surface area contributed by atoms with Crippen molar-refractivity contribution in [3.63, 3.8) is 0 Å². The number of hydrogen-bond donors (Lipinski definition) is 0. The smallest absolute Gasteiger partial charge is 0.425 e. The standard InChI is InChI=1S/C21H20BrF3N2O2/c1-4-8-17(29-16-9-6-5-7-10-16)19(21(23,24)25)20(28-3)27-14(2)15-11-12-18(22)26-13-15/h5-13H,4H2,1-3H3/b17-8-,20-19-,27-14+. The lowest BCUT2D eigenvalue weighted by Gasteiger charge is -2.18. The summed E-state index contributed by atoms with van der Waals surface area (Å²) in [6, 6.07) is 11.6. The lowest BCUT2D eigenvalue weighted by molar-refractivity contribution is -0.0953. The largest absolute Gasteiger partial charge is 0.480 e. The lowest BCUT2D eigenvalue weighted by atomic mass is 10.1. The molecule has 1 heterocycles. The number of hydrogen-bond acceptors (Lipinski definition) is 4. The summed E-state index contributed by atoms with van der Waals surface area (Å²) >= 11 is 3.22. The number of benzene rings is 1. The second-order valence-electron chi connectivity index (χ2n) is 5.84. The van der Waals surface area contributed by atoms with E-state index in [-0.39, 0.29) is 11.5 Å². The molecule has 1 aromatic heterocycles. The molecular weight excluding hydrogens is 449 g/mol. The highest BCUT2D eigenvalue weighted by molar-refractivity contribution is 9.10. The van der Waals surface area contributed by atoms with E-state index < -0.39 is 17.6 Å². The number of allylic oxidation sites excluding steroid dienone is 2. The molecule has 0 saturated heterocycles. The number of ether oxygens (including phenoxy) is 2. The molecule has 0 N–H and O–H groups in total. The molecule has 0 saturated carbocycles. The highest BCUT2D eigenvalue weighted by atomic mass is 79.9. The Morgan fingerprint density at radius 2 is 1.86 bits per heavy atom. The van der Waals surface area contributed by atoms with Crippen LogP contribution in [0.2, 0.25) is 0 Å². The second-order valence-corrected chi connectivity index (χ2v) is 6.65. The Morgan fingerprint density at radius 1 is 1.17 bits per heavy atom. The third-order valence-electron chi connectivity index (χ3n) is 3.71. The van der Waals surface area contributed by atoms with E-state index in [0.717, 1.165) is 7.11 Å². The van der Waals surface area contributed by atoms with Gasteiger partial charge in [-0.3, -0.25) is 0 Å². The van der Waals surface area contributed by atoms with Crippen molar-refractivity contribution in [2.75, 3.05) is 7.11 Å². The van der Waals surface area contributed by atoms with Gasteiger partial charge in [-0.15, -0.1) is 0 Å². The van der Waals surface area contributed by atoms with Gasteiger partial charge in [-0.1, -0.05) is 25.1 Å². The SMILES string of the molecule is CC/C=C(Oc1ccccc1)/C(=C(\N=C(/C)c1ccc(Br)nc1)OC)C(F)(F)F. The Kier molecular flexibility index (Phi) is 8.01. The van der Waals surface area contributed by atoms with Crippen molar-refractivity contribution in [2.45, 2.75) is 26.4 Å². The summed E-state index contributed by atoms with van der Waals surface area (Å²) in [4.78, 5) is 8.15. The van der Waals surface area contributed by atoms with Crippen LogP contribution in [0.1, 0.15) is 25.8 Å². The molecule has 0 radical (unpaired) electrons. The van der Waals surface area contributed by atoms with Gasteiger partial charge in [0.15, 0.2) is 5.57 Å². The van der Waals surface area contributed by atoms with Gasteiger partial charge in [-0.05, 0) is 59.6 Å². The molecule has 0 unspecified atom stereocenters. The van der Waals surface area contributed by atoms with E-state index in [0.29, 0.717) is 22.3 Å². The summed E-state index contributed by atoms with van der Waals surface area (Å²) in [5, 5.41) is 0. The zero-order valence-corrected chi connectivity index (χ0v) is 17.7. The molecule has 1 aromatic carbocycles. The van der Waals surface area contributed by atoms with Crippen molar-refractivity contribution in [3.05, 3.63) is 82.1 Å². The maximum absolute atomic E-state index is 14.0. The Bertz CT molecular complexity index is 906. The van der Waals surface area contributed by atoms with Gasteiger partial charge in [-0.2, -0.15) is 13.2 Å². The van der Waals surface area contributed by atoms with Gasteiger partial charge in [-0.25, -0.2) is 9.98 Å². The van der Waals surface area contributed by atoms with Crippen LogP contribution in [0.5, 0.6) is 5.75 Å². The zero-order valence-electron chi connectivity index (χ0n) is 16.1. The van der Waals surface area contributed by atoms with Gasteiger partial charge >= 0.3 is 6.18 Å². The number of rotatable bonds is 7. The van der Waals surface area contributed by atoms with E-state index in [1.807, 2.05) is 0 Å². The van der Waals surface area contributed by atoms with E-state index in [9.17, 15) is 13.2 Å². The average molecular weight is 469 g/mol. The summed E-state index contributed by atoms with van der Waals surface area (Å²) < 4.78 is 53.2. The van der Waals surface area contributed by atoms with E-state index in [2.05, 4.69) is 25.9 Å². The van der Waals surface area contributed by atoms with Crippen molar-refractivity contribution in [2.24, 2.45) is 4.99 Å². The first-order valence-electron chi connectivity index (χ1n) is 8.72. The third kappa shape index (κ3) is 6.45. The number of pyridine rings is 1. The quantitative estimate of drug-likeness (QED) is 0.203. The normalized spacial score (nSPS) is 13.8. The van der Waals surface area contributed by atoms with Gasteiger partial charge in [0.05, 0.1) is 12.8 Å². The fourth-order valence-corrected chi connectivity index (χ4v) is 2.61. The molecule has 0 aliphatic heterocycles. The van der Waals surface area contributed by atoms with Crippen LogP contribution in [0.15, 0.2) is 81.5 Å². The molecule has 154 valence electrons. The number of aliphatic imine (C=N–C) groups is 1. The molecule has 4 nitrogen and oxygen atoms in total. The average Bonchev–Trinajstić information content (AvgIpc) is 2.67. The summed E-state index contributed by atoms with van der Waals surface area (Å²) in [5.74, 6) is -0.677. The highest BCUT2D eigenvalue weighted by Gasteiger charge is 2.41. The molecule has 0 amide bonds. The van der Waals surface area contributed by atoms with Crippen molar-refractivity contribution in [3.8, 4) is 5.75 Å². The van der Waals surface area contributed by atoms with Crippen molar-refractivity contribution < 1.29 is 22.6 Å². The van der Waals surface area contributed by atoms with Crippen LogP contribution in [-0.4, -0.2) is 24.0 Å². The Balaban J connectivity index is 2.58. The number of aromatic nitrogens is 1. The number of para-hydroxylation sites is 1. The van der Waals surface area contributed by atoms with Crippen LogP contribution in [0, 0.1) is 0 Å². The van der Waals surface area contributed by atoms with E-state index in [1.165, 1.54) is 12.3 Å². The molecule has 0 atom stereocenters. The summed E-state index contributed by atoms with van der Waals surface area (Å²) in [6.07, 6.45) is -1.56. The number of nitrogens with zero attached hydrogens (tertiary/aromatic N) is 2. The van der Waals surface area contributed by atoms with Gasteiger partial charge < -0.3 is 9.47 Å². The zero-order chi connectivity index (χ0) is 21.4. The van der Waals surface area contributed by atoms with E-state index in [4.69, 9.17) is 9.47 Å². The Morgan fingerprint density at radius 3 is 2.38 bits per heavy atom. The predicted molar refractivity (Wildman–Crippen MR) is 110 cm³/mol. The Hall–Kier alpha value is -2.61. The molecule has 29 heavy (non-hydrogen) atoms. The lowest BCUT2D eigenvalue weighted by Crippen LogP contribution is -2.20. The fraction of sp³-hybridized carbons (Fsp3) is 0.238. The van der Waals surface area contributed by atoms with Gasteiger partial charge in [0.25, 0.3) is 0 Å². The molecule has 2 aromatic rings. The minimum atomic E-state index is -4.75. The van der Waals surface area contributed by atoms with Crippen LogP contribution in [-0.2, 0) is 4.74 Å². The molecule has 0 aliphatic carbocycles. The topological polar surface area (TPSA) is 43.7 Å². The van der Waals surface area contributed by atoms with Crippen LogP contribution in [0.25, 0.3) is 0 Å². The number of halogens is 4. The summed E-state index contributed by atoms with van der Waals surface area (Å²) in [5.41, 5.74) is -0.205. The van der Waals surface area contributed by atoms with Gasteiger partial charge in [0.2, 0.25) is 5.88 Å². The first-order chi connectivity index (χ1) is 13.8. The van der Waals surface area contributed by atoms with Gasteiger partial charge in [0.1, 0.15) is 16.1 Å². The van der Waals surface area contributed by atoms with Gasteiger partial charge in [0, 0.05) is 11.8 Å². The number of alkyl halides is 3. The summed E-state index contributed by atoms with van der Waals surface area (Å²) in [7, 11) is 1.14. The maximum atomic E-state index is 14.0. The minimum absolute atomic E-state index is 0.280.